The molecule has 1 aliphatic heterocycles. The molecular weight excluding hydrogens is 294 g/mol. The van der Waals surface area contributed by atoms with Gasteiger partial charge in [-0.3, -0.25) is 14.5 Å². The number of imidazole rings is 1. The Bertz CT molecular complexity index is 740. The maximum absolute atomic E-state index is 12.3. The van der Waals surface area contributed by atoms with Crippen molar-refractivity contribution >= 4 is 34.4 Å². The second-order valence-corrected chi connectivity index (χ2v) is 5.14. The van der Waals surface area contributed by atoms with Crippen LogP contribution in [-0.2, 0) is 15.5 Å². The molecule has 1 saturated heterocycles. The van der Waals surface area contributed by atoms with Gasteiger partial charge >= 0.3 is 0 Å². The normalized spacial score (nSPS) is 18.8. The summed E-state index contributed by atoms with van der Waals surface area (Å²) in [6, 6.07) is 4.87. The molecular formula is C14H14ClN3O3. The Morgan fingerprint density at radius 1 is 1.43 bits per heavy atom. The van der Waals surface area contributed by atoms with Crippen LogP contribution < -0.4 is 4.74 Å². The lowest BCUT2D eigenvalue weighted by molar-refractivity contribution is -0.137. The van der Waals surface area contributed by atoms with Crippen LogP contribution in [0, 0.1) is 0 Å². The maximum atomic E-state index is 12.3. The van der Waals surface area contributed by atoms with Gasteiger partial charge in [0.1, 0.15) is 23.1 Å². The van der Waals surface area contributed by atoms with Gasteiger partial charge in [-0.05, 0) is 12.1 Å². The van der Waals surface area contributed by atoms with Gasteiger partial charge in [0, 0.05) is 7.05 Å². The first-order valence-electron chi connectivity index (χ1n) is 6.48. The SMILES string of the molecule is COc1cccc2c1nc(CCl)n2C1CC(=O)N(C)C1=O. The summed E-state index contributed by atoms with van der Waals surface area (Å²) < 4.78 is 7.04. The molecule has 2 aromatic rings. The summed E-state index contributed by atoms with van der Waals surface area (Å²) in [4.78, 5) is 29.6. The summed E-state index contributed by atoms with van der Waals surface area (Å²) in [6.45, 7) is 0. The molecule has 0 spiro atoms. The number of likely N-dealkylation sites (tertiary alicyclic amines) is 1. The van der Waals surface area contributed by atoms with Crippen molar-refractivity contribution in [2.24, 2.45) is 0 Å². The topological polar surface area (TPSA) is 64.4 Å². The molecule has 0 radical (unpaired) electrons. The molecule has 1 unspecified atom stereocenters. The van der Waals surface area contributed by atoms with Gasteiger partial charge < -0.3 is 9.30 Å². The molecule has 110 valence electrons. The van der Waals surface area contributed by atoms with E-state index in [2.05, 4.69) is 4.98 Å². The third-order valence-corrected chi connectivity index (χ3v) is 4.00. The van der Waals surface area contributed by atoms with Crippen LogP contribution in [0.25, 0.3) is 11.0 Å². The monoisotopic (exact) mass is 307 g/mol. The van der Waals surface area contributed by atoms with E-state index in [1.165, 1.54) is 7.05 Å². The van der Waals surface area contributed by atoms with Gasteiger partial charge in [-0.1, -0.05) is 6.07 Å². The zero-order valence-corrected chi connectivity index (χ0v) is 12.4. The zero-order valence-electron chi connectivity index (χ0n) is 11.7. The number of para-hydroxylation sites is 1. The molecule has 0 bridgehead atoms. The zero-order chi connectivity index (χ0) is 15.1. The predicted octanol–water partition coefficient (Wildman–Crippen LogP) is 1.71. The fourth-order valence-electron chi connectivity index (χ4n) is 2.68. The van der Waals surface area contributed by atoms with Gasteiger partial charge in [-0.15, -0.1) is 11.6 Å². The third-order valence-electron chi connectivity index (χ3n) is 3.77. The molecule has 2 heterocycles. The highest BCUT2D eigenvalue weighted by molar-refractivity contribution is 6.17. The van der Waals surface area contributed by atoms with Crippen molar-refractivity contribution < 1.29 is 14.3 Å². The van der Waals surface area contributed by atoms with Crippen molar-refractivity contribution in [1.82, 2.24) is 14.5 Å². The third kappa shape index (κ3) is 1.98. The number of imide groups is 1. The number of methoxy groups -OCH3 is 1. The smallest absolute Gasteiger partial charge is 0.252 e. The fraction of sp³-hybridized carbons (Fsp3) is 0.357. The quantitative estimate of drug-likeness (QED) is 0.640. The van der Waals surface area contributed by atoms with E-state index in [9.17, 15) is 9.59 Å². The van der Waals surface area contributed by atoms with Crippen LogP contribution in [0.4, 0.5) is 0 Å². The molecule has 0 aliphatic carbocycles. The summed E-state index contributed by atoms with van der Waals surface area (Å²) in [5.41, 5.74) is 1.39. The molecule has 1 aromatic heterocycles. The summed E-state index contributed by atoms with van der Waals surface area (Å²) in [7, 11) is 3.05. The van der Waals surface area contributed by atoms with E-state index in [1.54, 1.807) is 17.7 Å². The number of halogens is 1. The van der Waals surface area contributed by atoms with Gasteiger partial charge in [0.05, 0.1) is 24.9 Å². The van der Waals surface area contributed by atoms with Crippen LogP contribution in [0.3, 0.4) is 0 Å². The standard InChI is InChI=1S/C14H14ClN3O3/c1-17-12(19)6-9(14(17)20)18-8-4-3-5-10(21-2)13(8)16-11(18)7-15/h3-5,9H,6-7H2,1-2H3. The van der Waals surface area contributed by atoms with Gasteiger partial charge in [0.15, 0.2) is 0 Å². The summed E-state index contributed by atoms with van der Waals surface area (Å²) >= 11 is 5.96. The van der Waals surface area contributed by atoms with E-state index >= 15 is 0 Å². The minimum absolute atomic E-state index is 0.127. The van der Waals surface area contributed by atoms with E-state index in [1.807, 2.05) is 12.1 Å². The van der Waals surface area contributed by atoms with Crippen LogP contribution in [-0.4, -0.2) is 40.4 Å². The lowest BCUT2D eigenvalue weighted by atomic mass is 10.2. The van der Waals surface area contributed by atoms with Crippen molar-refractivity contribution in [1.29, 1.82) is 0 Å². The first-order valence-corrected chi connectivity index (χ1v) is 7.02. The number of hydrogen-bond acceptors (Lipinski definition) is 4. The first kappa shape index (κ1) is 13.9. The predicted molar refractivity (Wildman–Crippen MR) is 77.3 cm³/mol. The average Bonchev–Trinajstić information content (AvgIpc) is 2.99. The molecule has 1 atom stereocenters. The number of nitrogens with zero attached hydrogens (tertiary/aromatic N) is 3. The number of hydrogen-bond donors (Lipinski definition) is 0. The molecule has 3 rings (SSSR count). The Labute approximate surface area is 126 Å². The Morgan fingerprint density at radius 3 is 2.76 bits per heavy atom. The summed E-state index contributed by atoms with van der Waals surface area (Å²) in [5, 5.41) is 0. The molecule has 1 aliphatic rings. The number of carbonyl (C=O) groups is 2. The highest BCUT2D eigenvalue weighted by Crippen LogP contribution is 2.33. The second-order valence-electron chi connectivity index (χ2n) is 4.87. The fourth-order valence-corrected chi connectivity index (χ4v) is 2.87. The summed E-state index contributed by atoms with van der Waals surface area (Å²) in [5.74, 6) is 0.878. The molecule has 1 aromatic carbocycles. The highest BCUT2D eigenvalue weighted by atomic mass is 35.5. The van der Waals surface area contributed by atoms with Crippen LogP contribution in [0.2, 0.25) is 0 Å². The number of amides is 2. The number of fused-ring (bicyclic) bond motifs is 1. The largest absolute Gasteiger partial charge is 0.494 e. The van der Waals surface area contributed by atoms with Crippen molar-refractivity contribution in [3.63, 3.8) is 0 Å². The van der Waals surface area contributed by atoms with E-state index in [4.69, 9.17) is 16.3 Å². The number of rotatable bonds is 3. The van der Waals surface area contributed by atoms with E-state index < -0.39 is 6.04 Å². The number of aromatic nitrogens is 2. The van der Waals surface area contributed by atoms with Gasteiger partial charge in [-0.25, -0.2) is 4.98 Å². The minimum Gasteiger partial charge on any atom is -0.494 e. The van der Waals surface area contributed by atoms with E-state index in [0.717, 1.165) is 10.4 Å². The maximum Gasteiger partial charge on any atom is 0.252 e. The Morgan fingerprint density at radius 2 is 2.19 bits per heavy atom. The lowest BCUT2D eigenvalue weighted by Crippen LogP contribution is -2.27. The number of carbonyl (C=O) groups excluding carboxylic acids is 2. The number of benzene rings is 1. The molecule has 0 N–H and O–H groups in total. The average molecular weight is 308 g/mol. The molecule has 21 heavy (non-hydrogen) atoms. The van der Waals surface area contributed by atoms with Crippen LogP contribution in [0.1, 0.15) is 18.3 Å². The summed E-state index contributed by atoms with van der Waals surface area (Å²) in [6.07, 6.45) is 0.127. The molecule has 0 saturated carbocycles. The van der Waals surface area contributed by atoms with E-state index in [-0.39, 0.29) is 24.1 Å². The Balaban J connectivity index is 2.22. The number of alkyl halides is 1. The Hall–Kier alpha value is -2.08. The second kappa shape index (κ2) is 5.04. The van der Waals surface area contributed by atoms with Crippen molar-refractivity contribution in [2.75, 3.05) is 14.2 Å². The van der Waals surface area contributed by atoms with Crippen LogP contribution in [0.5, 0.6) is 5.75 Å². The van der Waals surface area contributed by atoms with Gasteiger partial charge in [-0.2, -0.15) is 0 Å². The Kier molecular flexibility index (Phi) is 3.33. The minimum atomic E-state index is -0.589. The van der Waals surface area contributed by atoms with Crippen molar-refractivity contribution in [2.45, 2.75) is 18.3 Å². The van der Waals surface area contributed by atoms with Crippen molar-refractivity contribution in [3.05, 3.63) is 24.0 Å². The molecule has 7 heteroatoms. The van der Waals surface area contributed by atoms with Crippen LogP contribution in [0.15, 0.2) is 18.2 Å². The van der Waals surface area contributed by atoms with E-state index in [0.29, 0.717) is 17.1 Å². The van der Waals surface area contributed by atoms with Crippen LogP contribution >= 0.6 is 11.6 Å². The van der Waals surface area contributed by atoms with Gasteiger partial charge in [0.25, 0.3) is 5.91 Å². The molecule has 2 amide bonds. The first-order chi connectivity index (χ1) is 10.1. The number of ether oxygens (including phenoxy) is 1. The van der Waals surface area contributed by atoms with Gasteiger partial charge in [0.2, 0.25) is 5.91 Å². The lowest BCUT2D eigenvalue weighted by Gasteiger charge is -2.14. The number of likely N-dealkylation sites (N-methyl/N-ethyl adjacent to an activating group) is 1. The van der Waals surface area contributed by atoms with Crippen molar-refractivity contribution in [3.8, 4) is 5.75 Å². The molecule has 1 fully saturated rings. The highest BCUT2D eigenvalue weighted by Gasteiger charge is 2.39. The molecule has 6 nitrogen and oxygen atoms in total.